The number of carbonyl (C=O) groups is 2. The molecule has 4 rings (SSSR count). The largest absolute Gasteiger partial charge is 0.493 e. The molecule has 0 bridgehead atoms. The van der Waals surface area contributed by atoms with Crippen molar-refractivity contribution in [2.45, 2.75) is 11.3 Å². The van der Waals surface area contributed by atoms with E-state index < -0.39 is 31.5 Å². The Kier molecular flexibility index (Phi) is 7.60. The van der Waals surface area contributed by atoms with Crippen LogP contribution in [0.25, 0.3) is 6.08 Å². The van der Waals surface area contributed by atoms with Gasteiger partial charge in [0.15, 0.2) is 16.4 Å². The lowest BCUT2D eigenvalue weighted by molar-refractivity contribution is -0.387. The monoisotopic (exact) mass is 540 g/mol. The Morgan fingerprint density at radius 2 is 1.70 bits per heavy atom. The predicted molar refractivity (Wildman–Crippen MR) is 137 cm³/mol. The Morgan fingerprint density at radius 1 is 1.00 bits per heavy atom. The van der Waals surface area contributed by atoms with E-state index in [9.17, 15) is 28.1 Å². The van der Waals surface area contributed by atoms with Gasteiger partial charge in [-0.15, -0.1) is 0 Å². The number of methoxy groups -OCH3 is 1. The van der Waals surface area contributed by atoms with Crippen LogP contribution in [0.3, 0.4) is 0 Å². The van der Waals surface area contributed by atoms with Crippen molar-refractivity contribution in [3.63, 3.8) is 0 Å². The lowest BCUT2D eigenvalue weighted by Crippen LogP contribution is -2.30. The molecule has 37 heavy (non-hydrogen) atoms. The number of nitrogens with zero attached hydrogens (tertiary/aromatic N) is 2. The summed E-state index contributed by atoms with van der Waals surface area (Å²) in [6.45, 7) is 0.242. The Bertz CT molecular complexity index is 1500. The summed E-state index contributed by atoms with van der Waals surface area (Å²) in [6.07, 6.45) is 2.02. The maximum atomic E-state index is 12.8. The van der Waals surface area contributed by atoms with Crippen LogP contribution in [0.1, 0.15) is 11.1 Å². The van der Waals surface area contributed by atoms with Gasteiger partial charge in [-0.1, -0.05) is 48.5 Å². The molecule has 0 unspecified atom stereocenters. The second kappa shape index (κ2) is 10.8. The number of imide groups is 1. The molecule has 1 heterocycles. The molecule has 3 aromatic rings. The molecule has 10 nitrogen and oxygen atoms in total. The predicted octanol–water partition coefficient (Wildman–Crippen LogP) is 4.65. The van der Waals surface area contributed by atoms with E-state index in [1.165, 1.54) is 48.4 Å². The second-order valence-corrected chi connectivity index (χ2v) is 10.2. The Labute approximate surface area is 216 Å². The van der Waals surface area contributed by atoms with Crippen LogP contribution in [-0.2, 0) is 21.3 Å². The highest BCUT2D eigenvalue weighted by atomic mass is 32.2. The van der Waals surface area contributed by atoms with Crippen molar-refractivity contribution < 1.29 is 31.9 Å². The van der Waals surface area contributed by atoms with Crippen molar-refractivity contribution in [1.29, 1.82) is 0 Å². The first kappa shape index (κ1) is 25.9. The van der Waals surface area contributed by atoms with Gasteiger partial charge in [0.25, 0.3) is 16.8 Å². The number of ether oxygens (including phenoxy) is 1. The Balaban J connectivity index is 1.54. The quantitative estimate of drug-likeness (QED) is 0.165. The van der Waals surface area contributed by atoms with Crippen LogP contribution in [0.5, 0.6) is 11.5 Å². The van der Waals surface area contributed by atoms with Crippen LogP contribution < -0.4 is 8.92 Å². The third-order valence-electron chi connectivity index (χ3n) is 5.36. The topological polar surface area (TPSA) is 133 Å². The highest BCUT2D eigenvalue weighted by molar-refractivity contribution is 8.18. The minimum absolute atomic E-state index is 0.0132. The number of carbonyl (C=O) groups excluding carboxylic acids is 2. The highest BCUT2D eigenvalue weighted by Gasteiger charge is 2.35. The molecular weight excluding hydrogens is 520 g/mol. The number of nitro benzene ring substituents is 1. The number of rotatable bonds is 9. The van der Waals surface area contributed by atoms with Gasteiger partial charge in [0, 0.05) is 12.6 Å². The molecule has 1 saturated heterocycles. The van der Waals surface area contributed by atoms with E-state index in [-0.39, 0.29) is 28.2 Å². The van der Waals surface area contributed by atoms with Gasteiger partial charge in [-0.25, -0.2) is 0 Å². The number of thioether (sulfide) groups is 1. The summed E-state index contributed by atoms with van der Waals surface area (Å²) in [5.74, 6) is -0.614. The molecular formula is C25H20N2O8S2. The summed E-state index contributed by atoms with van der Waals surface area (Å²) in [5.41, 5.74) is 0.837. The van der Waals surface area contributed by atoms with E-state index in [0.29, 0.717) is 12.0 Å². The lowest BCUT2D eigenvalue weighted by Gasteiger charge is -2.12. The molecule has 0 radical (unpaired) electrons. The van der Waals surface area contributed by atoms with Gasteiger partial charge < -0.3 is 8.92 Å². The number of hydrogen-bond acceptors (Lipinski definition) is 9. The molecule has 2 amide bonds. The van der Waals surface area contributed by atoms with Crippen LogP contribution in [0, 0.1) is 10.1 Å². The van der Waals surface area contributed by atoms with E-state index in [1.54, 1.807) is 0 Å². The van der Waals surface area contributed by atoms with E-state index in [0.717, 1.165) is 29.5 Å². The van der Waals surface area contributed by atoms with Crippen LogP contribution in [0.2, 0.25) is 0 Å². The molecule has 1 fully saturated rings. The zero-order valence-electron chi connectivity index (χ0n) is 19.4. The van der Waals surface area contributed by atoms with Gasteiger partial charge in [0.05, 0.1) is 16.9 Å². The molecule has 12 heteroatoms. The Hall–Kier alpha value is -4.16. The number of amides is 2. The fourth-order valence-electron chi connectivity index (χ4n) is 3.56. The van der Waals surface area contributed by atoms with Crippen molar-refractivity contribution in [2.75, 3.05) is 13.7 Å². The molecule has 0 atom stereocenters. The summed E-state index contributed by atoms with van der Waals surface area (Å²) < 4.78 is 35.9. The van der Waals surface area contributed by atoms with Crippen LogP contribution >= 0.6 is 11.8 Å². The smallest absolute Gasteiger partial charge is 0.346 e. The third kappa shape index (κ3) is 5.81. The molecule has 0 aromatic heterocycles. The molecule has 0 N–H and O–H groups in total. The standard InChI is InChI=1S/C25H20N2O8S2/c1-34-21-15-18(11-12-20(21)35-37(32,33)23-10-6-5-9-19(23)27(30)31)16-22-24(28)26(25(29)36-22)14-13-17-7-3-2-4-8-17/h2-12,15-16H,13-14H2,1H3/b22-16-. The van der Waals surface area contributed by atoms with Crippen molar-refractivity contribution in [3.8, 4) is 11.5 Å². The first-order valence-electron chi connectivity index (χ1n) is 10.8. The zero-order valence-corrected chi connectivity index (χ0v) is 21.0. The second-order valence-electron chi connectivity index (χ2n) is 7.74. The number of hydrogen-bond donors (Lipinski definition) is 0. The van der Waals surface area contributed by atoms with Crippen LogP contribution in [-0.4, -0.2) is 43.0 Å². The van der Waals surface area contributed by atoms with Gasteiger partial charge in [-0.2, -0.15) is 8.42 Å². The fraction of sp³-hybridized carbons (Fsp3) is 0.120. The van der Waals surface area contributed by atoms with E-state index in [4.69, 9.17) is 8.92 Å². The maximum Gasteiger partial charge on any atom is 0.346 e. The molecule has 0 spiro atoms. The van der Waals surface area contributed by atoms with Crippen molar-refractivity contribution >= 4 is 44.8 Å². The minimum Gasteiger partial charge on any atom is -0.493 e. The van der Waals surface area contributed by atoms with E-state index in [1.807, 2.05) is 30.3 Å². The number of benzene rings is 3. The van der Waals surface area contributed by atoms with E-state index in [2.05, 4.69) is 0 Å². The summed E-state index contributed by atoms with van der Waals surface area (Å²) in [6, 6.07) is 18.5. The summed E-state index contributed by atoms with van der Waals surface area (Å²) in [5, 5.41) is 10.9. The zero-order chi connectivity index (χ0) is 26.6. The summed E-state index contributed by atoms with van der Waals surface area (Å²) in [7, 11) is -3.26. The van der Waals surface area contributed by atoms with Gasteiger partial charge >= 0.3 is 10.1 Å². The van der Waals surface area contributed by atoms with Crippen LogP contribution in [0.15, 0.2) is 82.6 Å². The highest BCUT2D eigenvalue weighted by Crippen LogP contribution is 2.36. The molecule has 3 aromatic carbocycles. The van der Waals surface area contributed by atoms with Crippen molar-refractivity contribution in [3.05, 3.63) is 98.9 Å². The SMILES string of the molecule is COc1cc(/C=C2\SC(=O)N(CCc3ccccc3)C2=O)ccc1OS(=O)(=O)c1ccccc1[N+](=O)[O-]. The minimum atomic E-state index is -4.56. The molecule has 1 aliphatic rings. The van der Waals surface area contributed by atoms with Gasteiger partial charge in [0.2, 0.25) is 0 Å². The third-order valence-corrected chi connectivity index (χ3v) is 7.55. The molecule has 0 saturated carbocycles. The average Bonchev–Trinajstić information content (AvgIpc) is 3.15. The first-order chi connectivity index (χ1) is 17.7. The average molecular weight is 541 g/mol. The Morgan fingerprint density at radius 3 is 2.41 bits per heavy atom. The van der Waals surface area contributed by atoms with Gasteiger partial charge in [-0.3, -0.25) is 24.6 Å². The van der Waals surface area contributed by atoms with Crippen molar-refractivity contribution in [2.24, 2.45) is 0 Å². The molecule has 1 aliphatic heterocycles. The molecule has 0 aliphatic carbocycles. The fourth-order valence-corrected chi connectivity index (χ4v) is 5.53. The maximum absolute atomic E-state index is 12.8. The first-order valence-corrected chi connectivity index (χ1v) is 13.1. The lowest BCUT2D eigenvalue weighted by atomic mass is 10.1. The van der Waals surface area contributed by atoms with Gasteiger partial charge in [-0.05, 0) is 53.6 Å². The summed E-state index contributed by atoms with van der Waals surface area (Å²) in [4.78, 5) is 36.4. The van der Waals surface area contributed by atoms with Crippen LogP contribution in [0.4, 0.5) is 10.5 Å². The number of para-hydroxylation sites is 1. The molecule has 190 valence electrons. The van der Waals surface area contributed by atoms with Gasteiger partial charge in [0.1, 0.15) is 0 Å². The van der Waals surface area contributed by atoms with E-state index >= 15 is 0 Å². The normalized spacial score (nSPS) is 14.7. The van der Waals surface area contributed by atoms with Crippen molar-refractivity contribution in [1.82, 2.24) is 4.90 Å². The number of nitro groups is 1. The summed E-state index contributed by atoms with van der Waals surface area (Å²) >= 11 is 0.808.